The summed E-state index contributed by atoms with van der Waals surface area (Å²) >= 11 is 4.11. The summed E-state index contributed by atoms with van der Waals surface area (Å²) in [6.45, 7) is 0. The number of benzene rings is 1. The van der Waals surface area contributed by atoms with Gasteiger partial charge in [-0.15, -0.1) is 0 Å². The molecule has 1 aromatic rings. The molecule has 0 unspecified atom stereocenters. The maximum atomic E-state index is 4.11. The molecule has 0 aliphatic heterocycles. The second kappa shape index (κ2) is 4.97. The minimum atomic E-state index is 0.787. The second-order valence-electron chi connectivity index (χ2n) is 3.07. The van der Waals surface area contributed by atoms with E-state index in [0.717, 1.165) is 5.75 Å². The first-order chi connectivity index (χ1) is 6.24. The molecule has 0 saturated carbocycles. The molecule has 13 heavy (non-hydrogen) atoms. The van der Waals surface area contributed by atoms with E-state index in [1.54, 1.807) is 0 Å². The smallest absolute Gasteiger partial charge is 0.0361 e. The van der Waals surface area contributed by atoms with Crippen molar-refractivity contribution >= 4 is 24.4 Å². The fourth-order valence-electron chi connectivity index (χ4n) is 1.07. The van der Waals surface area contributed by atoms with Gasteiger partial charge in [-0.1, -0.05) is 24.3 Å². The van der Waals surface area contributed by atoms with Crippen LogP contribution in [0, 0.1) is 0 Å². The van der Waals surface area contributed by atoms with Crippen LogP contribution in [0.3, 0.4) is 0 Å². The predicted octanol–water partition coefficient (Wildman–Crippen LogP) is 2.70. The van der Waals surface area contributed by atoms with Gasteiger partial charge in [-0.05, 0) is 17.7 Å². The van der Waals surface area contributed by atoms with E-state index < -0.39 is 0 Å². The first-order valence-corrected chi connectivity index (χ1v) is 4.92. The molecule has 2 heteroatoms. The third-order valence-electron chi connectivity index (χ3n) is 1.83. The van der Waals surface area contributed by atoms with Crippen molar-refractivity contribution < 1.29 is 0 Å². The minimum absolute atomic E-state index is 0.787. The van der Waals surface area contributed by atoms with Crippen LogP contribution in [0.15, 0.2) is 30.3 Å². The van der Waals surface area contributed by atoms with Gasteiger partial charge in [0.2, 0.25) is 0 Å². The predicted molar refractivity (Wildman–Crippen MR) is 63.7 cm³/mol. The van der Waals surface area contributed by atoms with Crippen molar-refractivity contribution in [1.82, 2.24) is 0 Å². The van der Waals surface area contributed by atoms with E-state index in [4.69, 9.17) is 0 Å². The summed E-state index contributed by atoms with van der Waals surface area (Å²) in [6.07, 6.45) is 4.11. The molecule has 0 aromatic heterocycles. The van der Waals surface area contributed by atoms with Gasteiger partial charge in [0.15, 0.2) is 0 Å². The van der Waals surface area contributed by atoms with Gasteiger partial charge in [-0.25, -0.2) is 0 Å². The minimum Gasteiger partial charge on any atom is -0.378 e. The molecule has 0 radical (unpaired) electrons. The molecule has 0 saturated heterocycles. The van der Waals surface area contributed by atoms with E-state index in [1.807, 2.05) is 20.2 Å². The van der Waals surface area contributed by atoms with Gasteiger partial charge < -0.3 is 4.90 Å². The van der Waals surface area contributed by atoms with Gasteiger partial charge in [0.25, 0.3) is 0 Å². The normalized spacial score (nSPS) is 10.7. The lowest BCUT2D eigenvalue weighted by Crippen LogP contribution is -2.07. The third kappa shape index (κ3) is 3.15. The van der Waals surface area contributed by atoms with Crippen LogP contribution in [0.1, 0.15) is 5.56 Å². The molecule has 0 bridgehead atoms. The second-order valence-corrected chi connectivity index (χ2v) is 3.44. The van der Waals surface area contributed by atoms with E-state index in [0.29, 0.717) is 0 Å². The van der Waals surface area contributed by atoms with Crippen LogP contribution >= 0.6 is 12.6 Å². The van der Waals surface area contributed by atoms with Crippen molar-refractivity contribution in [2.75, 3.05) is 24.7 Å². The molecule has 70 valence electrons. The topological polar surface area (TPSA) is 3.24 Å². The fourth-order valence-corrected chi connectivity index (χ4v) is 1.18. The molecular weight excluding hydrogens is 178 g/mol. The number of nitrogens with zero attached hydrogens (tertiary/aromatic N) is 1. The van der Waals surface area contributed by atoms with Crippen LogP contribution in [0.2, 0.25) is 0 Å². The van der Waals surface area contributed by atoms with Gasteiger partial charge in [0.1, 0.15) is 0 Å². The molecule has 0 atom stereocenters. The summed E-state index contributed by atoms with van der Waals surface area (Å²) in [6, 6.07) is 8.43. The lowest BCUT2D eigenvalue weighted by molar-refractivity contribution is 1.13. The lowest BCUT2D eigenvalue weighted by atomic mass is 10.2. The maximum Gasteiger partial charge on any atom is 0.0361 e. The van der Waals surface area contributed by atoms with Crippen LogP contribution in [0.25, 0.3) is 6.08 Å². The van der Waals surface area contributed by atoms with Crippen molar-refractivity contribution in [3.05, 3.63) is 35.9 Å². The van der Waals surface area contributed by atoms with Gasteiger partial charge >= 0.3 is 0 Å². The van der Waals surface area contributed by atoms with Gasteiger partial charge in [0.05, 0.1) is 0 Å². The van der Waals surface area contributed by atoms with E-state index in [2.05, 4.69) is 47.9 Å². The zero-order valence-electron chi connectivity index (χ0n) is 8.07. The van der Waals surface area contributed by atoms with E-state index in [-0.39, 0.29) is 0 Å². The van der Waals surface area contributed by atoms with Crippen LogP contribution in [0.5, 0.6) is 0 Å². The Balaban J connectivity index is 2.75. The Morgan fingerprint density at radius 3 is 2.31 bits per heavy atom. The summed E-state index contributed by atoms with van der Waals surface area (Å²) in [5.74, 6) is 0.787. The highest BCUT2D eigenvalue weighted by atomic mass is 32.1. The van der Waals surface area contributed by atoms with Gasteiger partial charge in [-0.3, -0.25) is 0 Å². The SMILES string of the molecule is CN(C)c1ccc(C=CCS)cc1. The summed E-state index contributed by atoms with van der Waals surface area (Å²) in [7, 11) is 4.08. The highest BCUT2D eigenvalue weighted by Crippen LogP contribution is 2.12. The Labute approximate surface area is 85.5 Å². The number of hydrogen-bond acceptors (Lipinski definition) is 2. The molecule has 0 spiro atoms. The number of anilines is 1. The maximum absolute atomic E-state index is 4.11. The quantitative estimate of drug-likeness (QED) is 0.722. The van der Waals surface area contributed by atoms with Gasteiger partial charge in [0, 0.05) is 25.5 Å². The fraction of sp³-hybridized carbons (Fsp3) is 0.273. The van der Waals surface area contributed by atoms with E-state index in [1.165, 1.54) is 11.3 Å². The van der Waals surface area contributed by atoms with Gasteiger partial charge in [-0.2, -0.15) is 12.6 Å². The summed E-state index contributed by atoms with van der Waals surface area (Å²) in [5.41, 5.74) is 2.45. The monoisotopic (exact) mass is 193 g/mol. The van der Waals surface area contributed by atoms with Crippen molar-refractivity contribution in [3.8, 4) is 0 Å². The molecule has 1 rings (SSSR count). The molecule has 0 aliphatic rings. The Morgan fingerprint density at radius 1 is 1.23 bits per heavy atom. The van der Waals surface area contributed by atoms with Crippen LogP contribution in [0.4, 0.5) is 5.69 Å². The standard InChI is InChI=1S/C11H15NS/c1-12(2)11-7-5-10(6-8-11)4-3-9-13/h3-8,13H,9H2,1-2H3. The van der Waals surface area contributed by atoms with E-state index in [9.17, 15) is 0 Å². The third-order valence-corrected chi connectivity index (χ3v) is 2.04. The zero-order valence-corrected chi connectivity index (χ0v) is 8.96. The van der Waals surface area contributed by atoms with Crippen molar-refractivity contribution in [1.29, 1.82) is 0 Å². The summed E-state index contributed by atoms with van der Waals surface area (Å²) in [5, 5.41) is 0. The van der Waals surface area contributed by atoms with Crippen LogP contribution < -0.4 is 4.90 Å². The molecule has 0 heterocycles. The van der Waals surface area contributed by atoms with Crippen LogP contribution in [-0.4, -0.2) is 19.8 Å². The molecule has 1 aromatic carbocycles. The molecule has 0 N–H and O–H groups in total. The highest BCUT2D eigenvalue weighted by molar-refractivity contribution is 7.80. The number of hydrogen-bond donors (Lipinski definition) is 1. The lowest BCUT2D eigenvalue weighted by Gasteiger charge is -2.11. The van der Waals surface area contributed by atoms with Crippen molar-refractivity contribution in [2.45, 2.75) is 0 Å². The van der Waals surface area contributed by atoms with Crippen molar-refractivity contribution in [3.63, 3.8) is 0 Å². The Hall–Kier alpha value is -0.890. The number of rotatable bonds is 3. The van der Waals surface area contributed by atoms with Crippen LogP contribution in [-0.2, 0) is 0 Å². The Kier molecular flexibility index (Phi) is 3.90. The summed E-state index contributed by atoms with van der Waals surface area (Å²) in [4.78, 5) is 2.09. The molecule has 0 amide bonds. The number of thiol groups is 1. The summed E-state index contributed by atoms with van der Waals surface area (Å²) < 4.78 is 0. The largest absolute Gasteiger partial charge is 0.378 e. The average Bonchev–Trinajstić information content (AvgIpc) is 2.15. The first kappa shape index (κ1) is 10.2. The van der Waals surface area contributed by atoms with E-state index >= 15 is 0 Å². The Bertz CT molecular complexity index is 275. The molecule has 0 fully saturated rings. The highest BCUT2D eigenvalue weighted by Gasteiger charge is 1.92. The Morgan fingerprint density at radius 2 is 1.85 bits per heavy atom. The molecular formula is C11H15NS. The molecule has 0 aliphatic carbocycles. The molecule has 1 nitrogen and oxygen atoms in total. The average molecular weight is 193 g/mol. The van der Waals surface area contributed by atoms with Crippen molar-refractivity contribution in [2.24, 2.45) is 0 Å². The zero-order chi connectivity index (χ0) is 9.68. The first-order valence-electron chi connectivity index (χ1n) is 4.29.